The molecule has 0 fully saturated rings. The van der Waals surface area contributed by atoms with Crippen LogP contribution in [0.3, 0.4) is 0 Å². The van der Waals surface area contributed by atoms with Crippen LogP contribution in [-0.2, 0) is 52.7 Å². The number of ketones is 5. The maximum Gasteiger partial charge on any atom is 0.310 e. The minimum absolute atomic E-state index is 0.406. The van der Waals surface area contributed by atoms with Gasteiger partial charge in [-0.3, -0.25) is 47.9 Å². The number of hydrogen-bond donors (Lipinski definition) is 12. The molecule has 0 radical (unpaired) electrons. The lowest BCUT2D eigenvalue weighted by atomic mass is 9.55. The first-order chi connectivity index (χ1) is 24.4. The lowest BCUT2D eigenvalue weighted by Gasteiger charge is -2.55. The van der Waals surface area contributed by atoms with Gasteiger partial charge in [0.15, 0.2) is 5.78 Å². The van der Waals surface area contributed by atoms with Gasteiger partial charge in [-0.05, 0) is 0 Å². The monoisotopic (exact) mass is 772 g/mol. The van der Waals surface area contributed by atoms with E-state index in [1.165, 1.54) is 0 Å². The SMILES string of the molecule is O=C(O)CC(=O)COC(CC(=O)CC(=O)O)(CC(=O)CC(=O)O)C(CO)(CO)C(O)(CC(=O)CC(=O)O)CC(=O)CC(=O)O.OCC(CO)(CO)CO. The summed E-state index contributed by atoms with van der Waals surface area (Å²) >= 11 is 0. The maximum atomic E-state index is 12.8. The number of carboxylic acid groups (broad SMARTS) is 5. The van der Waals surface area contributed by atoms with Gasteiger partial charge in [0.25, 0.3) is 0 Å². The highest BCUT2D eigenvalue weighted by Crippen LogP contribution is 2.51. The Bertz CT molecular complexity index is 1260. The molecule has 0 aliphatic heterocycles. The number of carbonyl (C=O) groups is 10. The first kappa shape index (κ1) is 50.5. The normalized spacial score (nSPS) is 11.8. The van der Waals surface area contributed by atoms with Crippen LogP contribution in [0.1, 0.15) is 57.8 Å². The lowest BCUT2D eigenvalue weighted by Crippen LogP contribution is -2.69. The van der Waals surface area contributed by atoms with Crippen LogP contribution in [0.2, 0.25) is 0 Å². The molecule has 0 saturated heterocycles. The molecule has 0 heterocycles. The summed E-state index contributed by atoms with van der Waals surface area (Å²) in [5.41, 5.74) is -10.7. The van der Waals surface area contributed by atoms with Gasteiger partial charge in [-0.25, -0.2) is 0 Å². The van der Waals surface area contributed by atoms with Gasteiger partial charge in [-0.15, -0.1) is 0 Å². The number of ether oxygens (including phenoxy) is 1. The first-order valence-electron chi connectivity index (χ1n) is 15.1. The fourth-order valence-electron chi connectivity index (χ4n) is 5.05. The lowest BCUT2D eigenvalue weighted by molar-refractivity contribution is -0.249. The average molecular weight is 773 g/mol. The molecule has 0 bridgehead atoms. The van der Waals surface area contributed by atoms with Crippen LogP contribution in [-0.4, -0.2) is 177 Å². The Balaban J connectivity index is 0. The molecule has 0 spiro atoms. The van der Waals surface area contributed by atoms with Crippen LogP contribution in [0.5, 0.6) is 0 Å². The molecule has 0 aromatic rings. The van der Waals surface area contributed by atoms with Crippen molar-refractivity contribution < 1.29 is 114 Å². The molecule has 0 rings (SSSR count). The molecule has 0 aliphatic rings. The van der Waals surface area contributed by atoms with Crippen molar-refractivity contribution in [3.05, 3.63) is 0 Å². The quantitative estimate of drug-likeness (QED) is 0.0317. The molecule has 0 atom stereocenters. The summed E-state index contributed by atoms with van der Waals surface area (Å²) in [4.78, 5) is 119. The van der Waals surface area contributed by atoms with Crippen molar-refractivity contribution >= 4 is 58.8 Å². The largest absolute Gasteiger partial charge is 0.481 e. The van der Waals surface area contributed by atoms with Crippen molar-refractivity contribution in [2.24, 2.45) is 10.8 Å². The average Bonchev–Trinajstić information content (AvgIpc) is 3.00. The molecule has 0 saturated carbocycles. The van der Waals surface area contributed by atoms with Crippen LogP contribution in [0.4, 0.5) is 0 Å². The van der Waals surface area contributed by atoms with Gasteiger partial charge in [0, 0.05) is 25.7 Å². The second-order valence-corrected chi connectivity index (χ2v) is 12.1. The van der Waals surface area contributed by atoms with Crippen LogP contribution in [0, 0.1) is 10.8 Å². The zero-order chi connectivity index (χ0) is 41.8. The van der Waals surface area contributed by atoms with E-state index in [2.05, 4.69) is 0 Å². The van der Waals surface area contributed by atoms with E-state index in [4.69, 9.17) is 50.7 Å². The highest BCUT2D eigenvalue weighted by molar-refractivity contribution is 5.99. The number of aliphatic hydroxyl groups is 7. The Kier molecular flexibility index (Phi) is 22.0. The van der Waals surface area contributed by atoms with Crippen LogP contribution < -0.4 is 0 Å². The van der Waals surface area contributed by atoms with Crippen LogP contribution in [0.15, 0.2) is 0 Å². The number of aliphatic carboxylic acids is 5. The number of carbonyl (C=O) groups excluding carboxylic acids is 5. The van der Waals surface area contributed by atoms with Gasteiger partial charge < -0.3 is 66.0 Å². The topological polar surface area (TPSA) is 423 Å². The van der Waals surface area contributed by atoms with E-state index in [1.54, 1.807) is 0 Å². The van der Waals surface area contributed by atoms with Gasteiger partial charge in [-0.2, -0.15) is 0 Å². The summed E-state index contributed by atoms with van der Waals surface area (Å²) in [5, 5.41) is 112. The number of hydrogen-bond acceptors (Lipinski definition) is 18. The Morgan fingerprint density at radius 2 is 0.660 bits per heavy atom. The fourth-order valence-corrected chi connectivity index (χ4v) is 5.05. The zero-order valence-corrected chi connectivity index (χ0v) is 28.2. The third kappa shape index (κ3) is 16.3. The highest BCUT2D eigenvalue weighted by Gasteiger charge is 2.65. The minimum atomic E-state index is -3.33. The molecule has 53 heavy (non-hydrogen) atoms. The molecule has 0 amide bonds. The van der Waals surface area contributed by atoms with Gasteiger partial charge >= 0.3 is 29.8 Å². The molecule has 302 valence electrons. The van der Waals surface area contributed by atoms with Crippen molar-refractivity contribution in [1.29, 1.82) is 0 Å². The Morgan fingerprint density at radius 1 is 0.396 bits per heavy atom. The number of Topliss-reactive ketones (excluding diaryl/α,β-unsaturated/α-hetero) is 5. The van der Waals surface area contributed by atoms with E-state index in [0.717, 1.165) is 0 Å². The van der Waals surface area contributed by atoms with Crippen LogP contribution >= 0.6 is 0 Å². The maximum absolute atomic E-state index is 12.8. The molecule has 23 nitrogen and oxygen atoms in total. The summed E-state index contributed by atoms with van der Waals surface area (Å²) < 4.78 is 5.44. The van der Waals surface area contributed by atoms with Crippen molar-refractivity contribution in [3.8, 4) is 0 Å². The first-order valence-corrected chi connectivity index (χ1v) is 15.1. The van der Waals surface area contributed by atoms with E-state index in [-0.39, 0.29) is 0 Å². The predicted octanol–water partition coefficient (Wildman–Crippen LogP) is -4.83. The predicted molar refractivity (Wildman–Crippen MR) is 166 cm³/mol. The number of rotatable bonds is 29. The molecule has 12 N–H and O–H groups in total. The second-order valence-electron chi connectivity index (χ2n) is 12.1. The molecule has 0 aliphatic carbocycles. The smallest absolute Gasteiger partial charge is 0.310 e. The standard InChI is InChI=1S/C25H32O19.C5H12O4/c26-11-23(12-27,24(43,6-13(28)1-18(33)34)7-14(29)2-19(35)36)25(8-15(30)3-20(37)38,9-16(31)4-21(39)40)44-10-17(32)5-22(41)42;6-1-5(2-7,3-8)4-9/h26-27,43H,1-12H2,(H,33,34)(H,35,36)(H,37,38)(H,39,40)(H,41,42);6-9H,1-4H2. The van der Waals surface area contributed by atoms with E-state index in [0.29, 0.717) is 0 Å². The summed E-state index contributed by atoms with van der Waals surface area (Å²) in [6.45, 7) is -6.46. The Hall–Kier alpha value is -4.62. The van der Waals surface area contributed by atoms with E-state index < -0.39 is 185 Å². The van der Waals surface area contributed by atoms with Crippen LogP contribution in [0.25, 0.3) is 0 Å². The van der Waals surface area contributed by atoms with Gasteiger partial charge in [0.05, 0.1) is 61.7 Å². The van der Waals surface area contributed by atoms with Crippen molar-refractivity contribution in [1.82, 2.24) is 0 Å². The van der Waals surface area contributed by atoms with Gasteiger partial charge in [0.2, 0.25) is 0 Å². The van der Waals surface area contributed by atoms with Gasteiger partial charge in [-0.1, -0.05) is 0 Å². The summed E-state index contributed by atoms with van der Waals surface area (Å²) in [6, 6.07) is 0. The zero-order valence-electron chi connectivity index (χ0n) is 28.2. The summed E-state index contributed by atoms with van der Waals surface area (Å²) in [7, 11) is 0. The summed E-state index contributed by atoms with van der Waals surface area (Å²) in [6.07, 6.45) is -12.7. The molecular formula is C30H44O23. The summed E-state index contributed by atoms with van der Waals surface area (Å²) in [5.74, 6) is -15.8. The number of aliphatic hydroxyl groups excluding tert-OH is 6. The molecule has 0 aromatic carbocycles. The fraction of sp³-hybridized carbons (Fsp3) is 0.667. The Morgan fingerprint density at radius 3 is 0.887 bits per heavy atom. The second kappa shape index (κ2) is 23.1. The molecular weight excluding hydrogens is 728 g/mol. The minimum Gasteiger partial charge on any atom is -0.481 e. The molecule has 23 heteroatoms. The highest BCUT2D eigenvalue weighted by atomic mass is 16.5. The van der Waals surface area contributed by atoms with E-state index in [1.807, 2.05) is 0 Å². The van der Waals surface area contributed by atoms with Crippen molar-refractivity contribution in [3.63, 3.8) is 0 Å². The van der Waals surface area contributed by atoms with E-state index in [9.17, 15) is 63.3 Å². The third-order valence-corrected chi connectivity index (χ3v) is 7.84. The van der Waals surface area contributed by atoms with E-state index >= 15 is 0 Å². The van der Waals surface area contributed by atoms with Gasteiger partial charge in [0.1, 0.15) is 61.8 Å². The number of carboxylic acids is 5. The Labute approximate surface area is 299 Å². The van der Waals surface area contributed by atoms with Crippen molar-refractivity contribution in [2.75, 3.05) is 46.2 Å². The molecule has 0 unspecified atom stereocenters. The third-order valence-electron chi connectivity index (χ3n) is 7.84. The molecule has 0 aromatic heterocycles. The van der Waals surface area contributed by atoms with Crippen molar-refractivity contribution in [2.45, 2.75) is 69.0 Å².